The van der Waals surface area contributed by atoms with Gasteiger partial charge in [-0.1, -0.05) is 54.4 Å². The van der Waals surface area contributed by atoms with Gasteiger partial charge in [-0.3, -0.25) is 9.69 Å². The number of hydrogen-bond donors (Lipinski definition) is 1. The van der Waals surface area contributed by atoms with Crippen molar-refractivity contribution in [1.29, 1.82) is 0 Å². The number of amides is 1. The van der Waals surface area contributed by atoms with Gasteiger partial charge < -0.3 is 14.7 Å². The summed E-state index contributed by atoms with van der Waals surface area (Å²) in [5.41, 5.74) is 1.10. The van der Waals surface area contributed by atoms with Crippen molar-refractivity contribution in [1.82, 2.24) is 14.1 Å². The highest BCUT2D eigenvalue weighted by molar-refractivity contribution is 7.90. The van der Waals surface area contributed by atoms with Crippen molar-refractivity contribution in [2.24, 2.45) is 5.41 Å². The summed E-state index contributed by atoms with van der Waals surface area (Å²) in [6.45, 7) is 5.74. The molecule has 2 aromatic carbocycles. The Morgan fingerprint density at radius 3 is 2.36 bits per heavy atom. The van der Waals surface area contributed by atoms with Gasteiger partial charge in [0.1, 0.15) is 0 Å². The van der Waals surface area contributed by atoms with Crippen LogP contribution in [0.25, 0.3) is 0 Å². The number of nitrogens with zero attached hydrogens (tertiary/aromatic N) is 3. The number of halogens is 2. The summed E-state index contributed by atoms with van der Waals surface area (Å²) in [4.78, 5) is 19.4. The van der Waals surface area contributed by atoms with Gasteiger partial charge in [0.15, 0.2) is 0 Å². The van der Waals surface area contributed by atoms with Crippen LogP contribution in [0, 0.1) is 5.41 Å². The molecule has 0 bridgehead atoms. The minimum absolute atomic E-state index is 0.0258. The maximum atomic E-state index is 15.1. The molecule has 1 N–H and O–H groups in total. The van der Waals surface area contributed by atoms with Gasteiger partial charge in [0.05, 0.1) is 29.9 Å². The van der Waals surface area contributed by atoms with Crippen LogP contribution in [0.2, 0.25) is 10.0 Å². The quantitative estimate of drug-likeness (QED) is 0.311. The summed E-state index contributed by atoms with van der Waals surface area (Å²) in [5, 5.41) is 11.3. The molecule has 3 fully saturated rings. The van der Waals surface area contributed by atoms with Gasteiger partial charge in [-0.05, 0) is 80.5 Å². The summed E-state index contributed by atoms with van der Waals surface area (Å²) in [6.07, 6.45) is 3.37. The van der Waals surface area contributed by atoms with Crippen molar-refractivity contribution in [3.63, 3.8) is 0 Å². The molecule has 11 heteroatoms. The number of rotatable bonds is 13. The molecule has 5 rings (SSSR count). The van der Waals surface area contributed by atoms with Gasteiger partial charge >= 0.3 is 0 Å². The fraction of sp³-hybridized carbons (Fsp3) is 0.606. The Hall–Kier alpha value is -1.72. The lowest BCUT2D eigenvalue weighted by atomic mass is 9.64. The van der Waals surface area contributed by atoms with Crippen LogP contribution < -0.4 is 0 Å². The molecule has 0 aromatic heterocycles. The number of hydrogen-bond acceptors (Lipinski definition) is 6. The minimum atomic E-state index is -3.45. The normalized spacial score (nSPS) is 25.9. The van der Waals surface area contributed by atoms with Crippen molar-refractivity contribution in [3.05, 3.63) is 69.7 Å². The number of carbonyl (C=O) groups excluding carboxylic acids is 1. The number of morpholine rings is 1. The number of likely N-dealkylation sites (N-methyl/N-ethyl adjacent to an activating group) is 1. The average Bonchev–Trinajstić information content (AvgIpc) is 3.88. The Labute approximate surface area is 272 Å². The average molecular weight is 667 g/mol. The standard InChI is InChI=1S/C33H45Cl2N3O5S/c1-3-28(23-36(2)44(41,42)29-11-12-29)38-31(24-7-9-26(34)10-8-24)30(25-5-4-6-27(35)21-25)22-33(14-18-39,32(38)40)13-15-37-16-19-43-20-17-37/h4-10,21,28-31,39H,3,11-20,22-23H2,1-2H3. The topological polar surface area (TPSA) is 90.4 Å². The Kier molecular flexibility index (Phi) is 11.0. The first kappa shape index (κ1) is 33.6. The lowest BCUT2D eigenvalue weighted by molar-refractivity contribution is -0.159. The number of carbonyl (C=O) groups is 1. The zero-order valence-electron chi connectivity index (χ0n) is 25.7. The highest BCUT2D eigenvalue weighted by atomic mass is 35.5. The van der Waals surface area contributed by atoms with E-state index in [1.807, 2.05) is 54.3 Å². The third-order valence-corrected chi connectivity index (χ3v) is 12.6. The van der Waals surface area contributed by atoms with Gasteiger partial charge in [0.2, 0.25) is 15.9 Å². The van der Waals surface area contributed by atoms with E-state index in [1.54, 1.807) is 7.05 Å². The van der Waals surface area contributed by atoms with Crippen molar-refractivity contribution in [2.75, 3.05) is 53.0 Å². The van der Waals surface area contributed by atoms with Gasteiger partial charge in [-0.25, -0.2) is 12.7 Å². The first-order valence-electron chi connectivity index (χ1n) is 15.8. The van der Waals surface area contributed by atoms with Gasteiger partial charge in [0, 0.05) is 55.3 Å². The second kappa shape index (κ2) is 14.4. The van der Waals surface area contributed by atoms with Crippen LogP contribution in [0.1, 0.15) is 68.5 Å². The van der Waals surface area contributed by atoms with E-state index >= 15 is 4.79 Å². The molecule has 242 valence electrons. The number of sulfonamides is 1. The maximum Gasteiger partial charge on any atom is 0.229 e. The Morgan fingerprint density at radius 2 is 1.75 bits per heavy atom. The highest BCUT2D eigenvalue weighted by Gasteiger charge is 2.54. The van der Waals surface area contributed by atoms with Crippen molar-refractivity contribution >= 4 is 39.1 Å². The third kappa shape index (κ3) is 7.30. The summed E-state index contributed by atoms with van der Waals surface area (Å²) in [7, 11) is -1.81. The first-order valence-corrected chi connectivity index (χ1v) is 18.1. The molecule has 2 aromatic rings. The molecule has 44 heavy (non-hydrogen) atoms. The zero-order chi connectivity index (χ0) is 31.5. The predicted octanol–water partition coefficient (Wildman–Crippen LogP) is 5.34. The number of aliphatic hydroxyl groups is 1. The van der Waals surface area contributed by atoms with Gasteiger partial charge in [-0.15, -0.1) is 0 Å². The van der Waals surface area contributed by atoms with Crippen LogP contribution in [-0.4, -0.2) is 97.9 Å². The number of benzene rings is 2. The van der Waals surface area contributed by atoms with Crippen LogP contribution in [0.4, 0.5) is 0 Å². The van der Waals surface area contributed by atoms with E-state index < -0.39 is 15.4 Å². The number of ether oxygens (including phenoxy) is 1. The molecule has 1 aliphatic carbocycles. The van der Waals surface area contributed by atoms with E-state index in [2.05, 4.69) is 11.0 Å². The molecule has 2 aliphatic heterocycles. The van der Waals surface area contributed by atoms with Crippen LogP contribution in [0.5, 0.6) is 0 Å². The predicted molar refractivity (Wildman–Crippen MR) is 175 cm³/mol. The molecule has 1 saturated carbocycles. The van der Waals surface area contributed by atoms with E-state index in [9.17, 15) is 13.5 Å². The summed E-state index contributed by atoms with van der Waals surface area (Å²) in [5.74, 6) is -0.176. The molecule has 4 unspecified atom stereocenters. The Balaban J connectivity index is 1.62. The molecule has 4 atom stereocenters. The minimum Gasteiger partial charge on any atom is -0.396 e. The zero-order valence-corrected chi connectivity index (χ0v) is 28.0. The molecule has 3 aliphatic rings. The molecule has 0 spiro atoms. The maximum absolute atomic E-state index is 15.1. The van der Waals surface area contributed by atoms with E-state index in [-0.39, 0.29) is 42.3 Å². The number of aliphatic hydroxyl groups excluding tert-OH is 1. The Morgan fingerprint density at radius 1 is 1.05 bits per heavy atom. The second-order valence-electron chi connectivity index (χ2n) is 12.6. The third-order valence-electron chi connectivity index (χ3n) is 9.78. The molecule has 1 amide bonds. The summed E-state index contributed by atoms with van der Waals surface area (Å²) in [6, 6.07) is 14.7. The monoisotopic (exact) mass is 665 g/mol. The smallest absolute Gasteiger partial charge is 0.229 e. The fourth-order valence-corrected chi connectivity index (χ4v) is 9.03. The summed E-state index contributed by atoms with van der Waals surface area (Å²) < 4.78 is 33.6. The lowest BCUT2D eigenvalue weighted by Gasteiger charge is -2.54. The summed E-state index contributed by atoms with van der Waals surface area (Å²) >= 11 is 12.9. The van der Waals surface area contributed by atoms with E-state index in [1.165, 1.54) is 4.31 Å². The molecule has 0 radical (unpaired) electrons. The SMILES string of the molecule is CCC(CN(C)S(=O)(=O)C1CC1)N1C(=O)C(CCO)(CCN2CCOCC2)CC(c2cccc(Cl)c2)C1c1ccc(Cl)cc1. The van der Waals surface area contributed by atoms with Crippen LogP contribution in [-0.2, 0) is 19.6 Å². The fourth-order valence-electron chi connectivity index (χ4n) is 7.09. The van der Waals surface area contributed by atoms with Gasteiger partial charge in [-0.2, -0.15) is 0 Å². The lowest BCUT2D eigenvalue weighted by Crippen LogP contribution is -2.59. The van der Waals surface area contributed by atoms with Crippen molar-refractivity contribution in [3.8, 4) is 0 Å². The number of piperidine rings is 1. The second-order valence-corrected chi connectivity index (χ2v) is 15.8. The van der Waals surface area contributed by atoms with Crippen molar-refractivity contribution < 1.29 is 23.1 Å². The molecular weight excluding hydrogens is 621 g/mol. The highest BCUT2D eigenvalue weighted by Crippen LogP contribution is 2.54. The van der Waals surface area contributed by atoms with Gasteiger partial charge in [0.25, 0.3) is 0 Å². The van der Waals surface area contributed by atoms with Crippen molar-refractivity contribution in [2.45, 2.75) is 68.7 Å². The van der Waals surface area contributed by atoms with Crippen LogP contribution in [0.15, 0.2) is 48.5 Å². The largest absolute Gasteiger partial charge is 0.396 e. The molecule has 8 nitrogen and oxygen atoms in total. The number of likely N-dealkylation sites (tertiary alicyclic amines) is 1. The van der Waals surface area contributed by atoms with E-state index in [0.717, 1.165) is 24.2 Å². The molecule has 2 heterocycles. The van der Waals surface area contributed by atoms with E-state index in [4.69, 9.17) is 27.9 Å². The molecular formula is C33H45Cl2N3O5S. The molecule has 2 saturated heterocycles. The Bertz CT molecular complexity index is 1380. The first-order chi connectivity index (χ1) is 21.1. The van der Waals surface area contributed by atoms with Crippen LogP contribution >= 0.6 is 23.2 Å². The van der Waals surface area contributed by atoms with Crippen LogP contribution in [0.3, 0.4) is 0 Å². The van der Waals surface area contributed by atoms with E-state index in [0.29, 0.717) is 68.3 Å².